The van der Waals surface area contributed by atoms with Crippen LogP contribution in [-0.2, 0) is 11.8 Å². The van der Waals surface area contributed by atoms with Gasteiger partial charge in [0.25, 0.3) is 0 Å². The van der Waals surface area contributed by atoms with Gasteiger partial charge < -0.3 is 15.4 Å². The summed E-state index contributed by atoms with van der Waals surface area (Å²) in [5.41, 5.74) is 7.35. The van der Waals surface area contributed by atoms with Crippen LogP contribution in [0.1, 0.15) is 18.0 Å². The van der Waals surface area contributed by atoms with Gasteiger partial charge in [0.15, 0.2) is 0 Å². The lowest BCUT2D eigenvalue weighted by Gasteiger charge is -2.22. The predicted molar refractivity (Wildman–Crippen MR) is 64.5 cm³/mol. The summed E-state index contributed by atoms with van der Waals surface area (Å²) in [4.78, 5) is 12.9. The molecule has 1 aromatic heterocycles. The largest absolute Gasteiger partial charge is 0.481 e. The van der Waals surface area contributed by atoms with E-state index >= 15 is 0 Å². The summed E-state index contributed by atoms with van der Waals surface area (Å²) in [6, 6.07) is 2.06. The van der Waals surface area contributed by atoms with Crippen molar-refractivity contribution in [1.82, 2.24) is 9.47 Å². The Morgan fingerprint density at radius 2 is 2.29 bits per heavy atom. The fourth-order valence-electron chi connectivity index (χ4n) is 2.76. The number of likely N-dealkylation sites (N-methyl/N-ethyl adjacent to an activating group) is 1. The number of carboxylic acids is 1. The minimum atomic E-state index is -0.771. The number of carbonyl (C=O) groups is 1. The van der Waals surface area contributed by atoms with Crippen molar-refractivity contribution >= 4 is 5.97 Å². The molecule has 0 radical (unpaired) electrons. The quantitative estimate of drug-likeness (QED) is 0.799. The second-order valence-corrected chi connectivity index (χ2v) is 4.93. The molecule has 94 valence electrons. The number of hydrogen-bond acceptors (Lipinski definition) is 3. The maximum Gasteiger partial charge on any atom is 0.303 e. The van der Waals surface area contributed by atoms with Crippen LogP contribution in [0.3, 0.4) is 0 Å². The Morgan fingerprint density at radius 1 is 1.59 bits per heavy atom. The molecule has 1 aliphatic heterocycles. The van der Waals surface area contributed by atoms with Crippen LogP contribution < -0.4 is 5.73 Å². The molecule has 5 nitrogen and oxygen atoms in total. The van der Waals surface area contributed by atoms with E-state index in [0.717, 1.165) is 12.1 Å². The molecular weight excluding hydrogens is 218 g/mol. The van der Waals surface area contributed by atoms with E-state index in [9.17, 15) is 4.79 Å². The number of likely N-dealkylation sites (tertiary alicyclic amines) is 1. The van der Waals surface area contributed by atoms with E-state index in [-0.39, 0.29) is 24.4 Å². The second-order valence-electron chi connectivity index (χ2n) is 4.93. The van der Waals surface area contributed by atoms with Gasteiger partial charge in [0.1, 0.15) is 0 Å². The topological polar surface area (TPSA) is 71.5 Å². The molecule has 0 spiro atoms. The van der Waals surface area contributed by atoms with Gasteiger partial charge in [-0.05, 0) is 24.6 Å². The molecule has 1 fully saturated rings. The number of hydrogen-bond donors (Lipinski definition) is 2. The number of rotatable bonds is 3. The fraction of sp³-hybridized carbons (Fsp3) is 0.583. The van der Waals surface area contributed by atoms with Gasteiger partial charge in [-0.1, -0.05) is 0 Å². The number of carboxylic acid groups (broad SMARTS) is 1. The molecule has 1 aromatic rings. The summed E-state index contributed by atoms with van der Waals surface area (Å²) < 4.78 is 1.99. The van der Waals surface area contributed by atoms with E-state index in [1.165, 1.54) is 0 Å². The number of nitrogens with zero attached hydrogens (tertiary/aromatic N) is 2. The first kappa shape index (κ1) is 12.1. The molecule has 3 N–H and O–H groups in total. The fourth-order valence-corrected chi connectivity index (χ4v) is 2.76. The van der Waals surface area contributed by atoms with Crippen molar-refractivity contribution in [2.75, 3.05) is 13.6 Å². The minimum Gasteiger partial charge on any atom is -0.481 e. The molecule has 2 heterocycles. The van der Waals surface area contributed by atoms with Crippen LogP contribution in [0.15, 0.2) is 18.5 Å². The molecule has 0 aliphatic carbocycles. The van der Waals surface area contributed by atoms with Crippen LogP contribution in [0, 0.1) is 5.92 Å². The van der Waals surface area contributed by atoms with Crippen molar-refractivity contribution in [3.8, 4) is 0 Å². The zero-order valence-corrected chi connectivity index (χ0v) is 10.2. The Kier molecular flexibility index (Phi) is 3.22. The highest BCUT2D eigenvalue weighted by Gasteiger charge is 2.39. The van der Waals surface area contributed by atoms with Crippen molar-refractivity contribution < 1.29 is 9.90 Å². The molecular formula is C12H19N3O2. The SMILES string of the molecule is CN1CC(CC(=O)O)C(N)C1c1ccn(C)c1. The molecule has 1 saturated heterocycles. The zero-order chi connectivity index (χ0) is 12.6. The summed E-state index contributed by atoms with van der Waals surface area (Å²) in [7, 11) is 3.97. The molecule has 5 heteroatoms. The van der Waals surface area contributed by atoms with Crippen LogP contribution in [0.4, 0.5) is 0 Å². The Morgan fingerprint density at radius 3 is 2.82 bits per heavy atom. The molecule has 0 aromatic carbocycles. The van der Waals surface area contributed by atoms with Crippen LogP contribution in [0.2, 0.25) is 0 Å². The standard InChI is InChI=1S/C12H19N3O2/c1-14-4-3-8(6-14)12-11(13)9(5-10(16)17)7-15(12)2/h3-4,6,9,11-12H,5,7,13H2,1-2H3,(H,16,17). The van der Waals surface area contributed by atoms with Gasteiger partial charge in [-0.15, -0.1) is 0 Å². The van der Waals surface area contributed by atoms with Gasteiger partial charge in [-0.2, -0.15) is 0 Å². The maximum atomic E-state index is 10.8. The molecule has 3 atom stereocenters. The lowest BCUT2D eigenvalue weighted by molar-refractivity contribution is -0.138. The molecule has 0 amide bonds. The highest BCUT2D eigenvalue weighted by Crippen LogP contribution is 2.34. The van der Waals surface area contributed by atoms with Gasteiger partial charge in [0.2, 0.25) is 0 Å². The van der Waals surface area contributed by atoms with E-state index in [4.69, 9.17) is 10.8 Å². The van der Waals surface area contributed by atoms with Crippen molar-refractivity contribution in [2.45, 2.75) is 18.5 Å². The van der Waals surface area contributed by atoms with Crippen LogP contribution >= 0.6 is 0 Å². The number of nitrogens with two attached hydrogens (primary N) is 1. The van der Waals surface area contributed by atoms with Crippen LogP contribution in [-0.4, -0.2) is 40.2 Å². The van der Waals surface area contributed by atoms with Crippen molar-refractivity contribution in [2.24, 2.45) is 18.7 Å². The average Bonchev–Trinajstić information content (AvgIpc) is 2.72. The van der Waals surface area contributed by atoms with E-state index in [1.54, 1.807) is 0 Å². The van der Waals surface area contributed by atoms with Gasteiger partial charge in [0, 0.05) is 32.0 Å². The number of aliphatic carboxylic acids is 1. The highest BCUT2D eigenvalue weighted by atomic mass is 16.4. The van der Waals surface area contributed by atoms with E-state index in [0.29, 0.717) is 0 Å². The molecule has 1 aliphatic rings. The molecule has 0 saturated carbocycles. The first-order chi connectivity index (χ1) is 7.99. The summed E-state index contributed by atoms with van der Waals surface area (Å²) in [6.07, 6.45) is 4.18. The third-order valence-electron chi connectivity index (χ3n) is 3.54. The third kappa shape index (κ3) is 2.35. The highest BCUT2D eigenvalue weighted by molar-refractivity contribution is 5.67. The zero-order valence-electron chi connectivity index (χ0n) is 10.2. The average molecular weight is 237 g/mol. The Hall–Kier alpha value is -1.33. The van der Waals surface area contributed by atoms with E-state index < -0.39 is 5.97 Å². The van der Waals surface area contributed by atoms with E-state index in [2.05, 4.69) is 4.90 Å². The van der Waals surface area contributed by atoms with Crippen molar-refractivity contribution in [1.29, 1.82) is 0 Å². The maximum absolute atomic E-state index is 10.8. The Balaban J connectivity index is 2.16. The predicted octanol–water partition coefficient (Wildman–Crippen LogP) is 0.430. The second kappa shape index (κ2) is 4.50. The molecule has 0 bridgehead atoms. The molecule has 3 unspecified atom stereocenters. The van der Waals surface area contributed by atoms with Crippen molar-refractivity contribution in [3.05, 3.63) is 24.0 Å². The Labute approximate surface area is 101 Å². The van der Waals surface area contributed by atoms with Crippen LogP contribution in [0.25, 0.3) is 0 Å². The monoisotopic (exact) mass is 237 g/mol. The molecule has 17 heavy (non-hydrogen) atoms. The summed E-state index contributed by atoms with van der Waals surface area (Å²) in [5.74, 6) is -0.740. The first-order valence-corrected chi connectivity index (χ1v) is 5.78. The normalized spacial score (nSPS) is 29.7. The van der Waals surface area contributed by atoms with Gasteiger partial charge in [-0.3, -0.25) is 9.69 Å². The van der Waals surface area contributed by atoms with E-state index in [1.807, 2.05) is 37.1 Å². The van der Waals surface area contributed by atoms with Gasteiger partial charge in [-0.25, -0.2) is 0 Å². The smallest absolute Gasteiger partial charge is 0.303 e. The van der Waals surface area contributed by atoms with Crippen LogP contribution in [0.5, 0.6) is 0 Å². The lowest BCUT2D eigenvalue weighted by atomic mass is 9.94. The minimum absolute atomic E-state index is 0.0303. The number of aryl methyl sites for hydroxylation is 1. The van der Waals surface area contributed by atoms with Crippen molar-refractivity contribution in [3.63, 3.8) is 0 Å². The molecule has 2 rings (SSSR count). The first-order valence-electron chi connectivity index (χ1n) is 5.78. The van der Waals surface area contributed by atoms with Gasteiger partial charge >= 0.3 is 5.97 Å². The Bertz CT molecular complexity index is 416. The summed E-state index contributed by atoms with van der Waals surface area (Å²) in [6.45, 7) is 0.743. The lowest BCUT2D eigenvalue weighted by Crippen LogP contribution is -2.33. The third-order valence-corrected chi connectivity index (χ3v) is 3.54. The summed E-state index contributed by atoms with van der Waals surface area (Å²) >= 11 is 0. The summed E-state index contributed by atoms with van der Waals surface area (Å²) in [5, 5.41) is 8.86. The van der Waals surface area contributed by atoms with Gasteiger partial charge in [0.05, 0.1) is 12.5 Å². The number of aromatic nitrogens is 1.